The van der Waals surface area contributed by atoms with Crippen LogP contribution in [0.4, 0.5) is 4.39 Å². The molecule has 0 unspecified atom stereocenters. The Labute approximate surface area is 146 Å². The minimum absolute atomic E-state index is 0.115. The van der Waals surface area contributed by atoms with Gasteiger partial charge in [0.2, 0.25) is 5.89 Å². The van der Waals surface area contributed by atoms with Crippen molar-refractivity contribution in [3.63, 3.8) is 0 Å². The maximum Gasteiger partial charge on any atom is 0.223 e. The topological polar surface area (TPSA) is 67.5 Å². The largest absolute Gasteiger partial charge is 0.497 e. The number of likely N-dealkylation sites (tertiary alicyclic amines) is 1. The molecule has 0 aromatic carbocycles. The van der Waals surface area contributed by atoms with Crippen molar-refractivity contribution in [2.75, 3.05) is 27.2 Å². The van der Waals surface area contributed by atoms with Crippen LogP contribution in [0.3, 0.4) is 0 Å². The number of methoxy groups -OCH3 is 1. The van der Waals surface area contributed by atoms with Gasteiger partial charge in [0.25, 0.3) is 0 Å². The average Bonchev–Trinajstić information content (AvgIpc) is 3.13. The Kier molecular flexibility index (Phi) is 5.60. The number of aromatic nitrogens is 3. The third kappa shape index (κ3) is 4.73. The first-order valence-corrected chi connectivity index (χ1v) is 8.38. The Morgan fingerprint density at radius 2 is 2.32 bits per heavy atom. The van der Waals surface area contributed by atoms with Crippen LogP contribution >= 0.6 is 0 Å². The number of halogens is 1. The van der Waals surface area contributed by atoms with Crippen LogP contribution in [-0.4, -0.2) is 64.4 Å². The van der Waals surface area contributed by atoms with Gasteiger partial charge in [-0.15, -0.1) is 0 Å². The predicted octanol–water partition coefficient (Wildman–Crippen LogP) is 1.83. The predicted molar refractivity (Wildman–Crippen MR) is 89.9 cm³/mol. The van der Waals surface area contributed by atoms with Gasteiger partial charge >= 0.3 is 0 Å². The molecular formula is C17H24FN5O2. The monoisotopic (exact) mass is 349 g/mol. The van der Waals surface area contributed by atoms with Gasteiger partial charge < -0.3 is 9.26 Å². The van der Waals surface area contributed by atoms with E-state index in [1.807, 2.05) is 19.2 Å². The van der Waals surface area contributed by atoms with Crippen molar-refractivity contribution in [1.29, 1.82) is 0 Å². The number of rotatable bonds is 7. The van der Waals surface area contributed by atoms with Crippen molar-refractivity contribution in [3.05, 3.63) is 35.7 Å². The van der Waals surface area contributed by atoms with E-state index in [4.69, 9.17) is 9.26 Å². The van der Waals surface area contributed by atoms with E-state index in [0.717, 1.165) is 18.0 Å². The summed E-state index contributed by atoms with van der Waals surface area (Å²) in [4.78, 5) is 12.8. The molecule has 1 saturated heterocycles. The molecule has 0 bridgehead atoms. The van der Waals surface area contributed by atoms with Gasteiger partial charge in [0, 0.05) is 44.9 Å². The molecule has 0 N–H and O–H groups in total. The van der Waals surface area contributed by atoms with Crippen LogP contribution in [0.1, 0.15) is 23.8 Å². The molecule has 2 aromatic rings. The molecule has 2 aromatic heterocycles. The van der Waals surface area contributed by atoms with Crippen molar-refractivity contribution >= 4 is 0 Å². The fourth-order valence-corrected chi connectivity index (χ4v) is 3.26. The lowest BCUT2D eigenvalue weighted by Gasteiger charge is -2.27. The molecule has 1 fully saturated rings. The maximum absolute atomic E-state index is 14.0. The van der Waals surface area contributed by atoms with Gasteiger partial charge in [-0.3, -0.25) is 14.8 Å². The maximum atomic E-state index is 14.0. The molecule has 8 heteroatoms. The van der Waals surface area contributed by atoms with Crippen LogP contribution < -0.4 is 4.74 Å². The molecule has 0 spiro atoms. The van der Waals surface area contributed by atoms with E-state index in [1.165, 1.54) is 0 Å². The highest BCUT2D eigenvalue weighted by molar-refractivity contribution is 5.22. The lowest BCUT2D eigenvalue weighted by atomic mass is 10.2. The number of pyridine rings is 1. The molecule has 0 saturated carbocycles. The number of likely N-dealkylation sites (N-methyl/N-ethyl adjacent to an activating group) is 1. The van der Waals surface area contributed by atoms with Crippen LogP contribution in [0.2, 0.25) is 0 Å². The van der Waals surface area contributed by atoms with E-state index in [2.05, 4.69) is 24.9 Å². The fourth-order valence-electron chi connectivity index (χ4n) is 3.26. The Balaban J connectivity index is 1.59. The third-order valence-electron chi connectivity index (χ3n) is 4.37. The SMILES string of the molecule is COc1ccnc(CN(C)C[C@@H]2C[C@H](F)CN2Cc2noc(C)n2)c1. The van der Waals surface area contributed by atoms with Crippen LogP contribution in [-0.2, 0) is 13.1 Å². The number of hydrogen-bond donors (Lipinski definition) is 0. The van der Waals surface area contributed by atoms with Crippen LogP contribution in [0, 0.1) is 6.92 Å². The van der Waals surface area contributed by atoms with Crippen LogP contribution in [0.25, 0.3) is 0 Å². The number of hydrogen-bond acceptors (Lipinski definition) is 7. The molecule has 25 heavy (non-hydrogen) atoms. The second-order valence-corrected chi connectivity index (χ2v) is 6.53. The van der Waals surface area contributed by atoms with Gasteiger partial charge in [0.1, 0.15) is 11.9 Å². The smallest absolute Gasteiger partial charge is 0.223 e. The van der Waals surface area contributed by atoms with Crippen molar-refractivity contribution in [1.82, 2.24) is 24.9 Å². The zero-order chi connectivity index (χ0) is 17.8. The van der Waals surface area contributed by atoms with E-state index in [9.17, 15) is 4.39 Å². The summed E-state index contributed by atoms with van der Waals surface area (Å²) in [6.45, 7) is 4.10. The van der Waals surface area contributed by atoms with Crippen molar-refractivity contribution in [3.8, 4) is 5.75 Å². The highest BCUT2D eigenvalue weighted by atomic mass is 19.1. The molecule has 136 valence electrons. The highest BCUT2D eigenvalue weighted by Gasteiger charge is 2.33. The summed E-state index contributed by atoms with van der Waals surface area (Å²) in [7, 11) is 3.66. The van der Waals surface area contributed by atoms with E-state index >= 15 is 0 Å². The quantitative estimate of drug-likeness (QED) is 0.755. The molecule has 2 atom stereocenters. The molecule has 0 radical (unpaired) electrons. The van der Waals surface area contributed by atoms with Gasteiger partial charge in [-0.25, -0.2) is 4.39 Å². The number of ether oxygens (including phenoxy) is 1. The molecular weight excluding hydrogens is 325 g/mol. The van der Waals surface area contributed by atoms with E-state index in [0.29, 0.717) is 37.8 Å². The lowest BCUT2D eigenvalue weighted by Crippen LogP contribution is -2.38. The minimum Gasteiger partial charge on any atom is -0.497 e. The average molecular weight is 349 g/mol. The molecule has 1 aliphatic rings. The first-order chi connectivity index (χ1) is 12.0. The lowest BCUT2D eigenvalue weighted by molar-refractivity contribution is 0.175. The number of aryl methyl sites for hydroxylation is 1. The summed E-state index contributed by atoms with van der Waals surface area (Å²) in [6, 6.07) is 3.86. The van der Waals surface area contributed by atoms with Gasteiger partial charge in [-0.2, -0.15) is 4.98 Å². The second-order valence-electron chi connectivity index (χ2n) is 6.53. The second kappa shape index (κ2) is 7.88. The molecule has 0 aliphatic carbocycles. The minimum atomic E-state index is -0.818. The standard InChI is InChI=1S/C17H24FN5O2/c1-12-20-17(21-25-12)11-23-8-13(18)6-15(23)10-22(2)9-14-7-16(24-3)4-5-19-14/h4-5,7,13,15H,6,8-11H2,1-3H3/t13-,15-/m0/s1. The van der Waals surface area contributed by atoms with Gasteiger partial charge in [0.15, 0.2) is 5.82 Å². The Hall–Kier alpha value is -2.06. The summed E-state index contributed by atoms with van der Waals surface area (Å²) >= 11 is 0. The summed E-state index contributed by atoms with van der Waals surface area (Å²) < 4.78 is 24.2. The first-order valence-electron chi connectivity index (χ1n) is 8.38. The van der Waals surface area contributed by atoms with Crippen LogP contribution in [0.5, 0.6) is 5.75 Å². The fraction of sp³-hybridized carbons (Fsp3) is 0.588. The Morgan fingerprint density at radius 3 is 3.04 bits per heavy atom. The first kappa shape index (κ1) is 17.8. The zero-order valence-corrected chi connectivity index (χ0v) is 14.9. The van der Waals surface area contributed by atoms with Gasteiger partial charge in [-0.1, -0.05) is 5.16 Å². The summed E-state index contributed by atoms with van der Waals surface area (Å²) in [5.74, 6) is 1.93. The number of nitrogens with zero attached hydrogens (tertiary/aromatic N) is 5. The molecule has 3 rings (SSSR count). The summed E-state index contributed by atoms with van der Waals surface area (Å²) in [6.07, 6.45) is 1.44. The normalized spacial score (nSPS) is 21.2. The molecule has 3 heterocycles. The Bertz CT molecular complexity index is 695. The van der Waals surface area contributed by atoms with E-state index < -0.39 is 6.17 Å². The molecule has 7 nitrogen and oxygen atoms in total. The van der Waals surface area contributed by atoms with Crippen molar-refractivity contribution in [2.24, 2.45) is 0 Å². The molecule has 1 aliphatic heterocycles. The van der Waals surface area contributed by atoms with Crippen molar-refractivity contribution < 1.29 is 13.7 Å². The van der Waals surface area contributed by atoms with Gasteiger partial charge in [-0.05, 0) is 19.5 Å². The summed E-state index contributed by atoms with van der Waals surface area (Å²) in [5, 5.41) is 3.92. The Morgan fingerprint density at radius 1 is 1.48 bits per heavy atom. The van der Waals surface area contributed by atoms with Gasteiger partial charge in [0.05, 0.1) is 19.3 Å². The highest BCUT2D eigenvalue weighted by Crippen LogP contribution is 2.23. The van der Waals surface area contributed by atoms with E-state index in [-0.39, 0.29) is 6.04 Å². The van der Waals surface area contributed by atoms with Crippen LogP contribution in [0.15, 0.2) is 22.9 Å². The van der Waals surface area contributed by atoms with E-state index in [1.54, 1.807) is 20.2 Å². The zero-order valence-electron chi connectivity index (χ0n) is 14.9. The molecule has 0 amide bonds. The number of alkyl halides is 1. The summed E-state index contributed by atoms with van der Waals surface area (Å²) in [5.41, 5.74) is 0.928. The third-order valence-corrected chi connectivity index (χ3v) is 4.37. The van der Waals surface area contributed by atoms with Crippen molar-refractivity contribution in [2.45, 2.75) is 38.6 Å².